The molecule has 3 rings (SSSR count). The number of methoxy groups -OCH3 is 1. The fourth-order valence-corrected chi connectivity index (χ4v) is 3.28. The van der Waals surface area contributed by atoms with Gasteiger partial charge < -0.3 is 21.5 Å². The van der Waals surface area contributed by atoms with Crippen molar-refractivity contribution in [2.45, 2.75) is 38.8 Å². The second-order valence-electron chi connectivity index (χ2n) is 7.26. The van der Waals surface area contributed by atoms with Crippen LogP contribution in [0.4, 0.5) is 21.5 Å². The first-order valence-corrected chi connectivity index (χ1v) is 9.23. The zero-order valence-corrected chi connectivity index (χ0v) is 16.3. The van der Waals surface area contributed by atoms with Crippen molar-refractivity contribution in [2.75, 3.05) is 17.5 Å². The number of ether oxygens (including phenoxy) is 1. The Morgan fingerprint density at radius 3 is 2.61 bits per heavy atom. The maximum absolute atomic E-state index is 15.1. The number of nitrogens with two attached hydrogens (primary N) is 2. The Labute approximate surface area is 163 Å². The molecule has 0 radical (unpaired) electrons. The van der Waals surface area contributed by atoms with E-state index < -0.39 is 5.91 Å². The summed E-state index contributed by atoms with van der Waals surface area (Å²) in [6.45, 7) is 3.88. The van der Waals surface area contributed by atoms with Crippen LogP contribution in [0.1, 0.15) is 35.7 Å². The Hall–Kier alpha value is -2.87. The van der Waals surface area contributed by atoms with Crippen molar-refractivity contribution in [3.05, 3.63) is 41.7 Å². The first-order valence-electron chi connectivity index (χ1n) is 9.23. The number of carbonyl (C=O) groups is 1. The van der Waals surface area contributed by atoms with Gasteiger partial charge >= 0.3 is 0 Å². The van der Waals surface area contributed by atoms with Gasteiger partial charge in [0.25, 0.3) is 0 Å². The molecule has 1 saturated carbocycles. The number of aromatic nitrogens is 1. The fourth-order valence-electron chi connectivity index (χ4n) is 3.28. The number of halogens is 1. The third-order valence-electron chi connectivity index (χ3n) is 5.04. The predicted molar refractivity (Wildman–Crippen MR) is 108 cm³/mol. The molecule has 0 saturated heterocycles. The second-order valence-corrected chi connectivity index (χ2v) is 7.26. The summed E-state index contributed by atoms with van der Waals surface area (Å²) in [6.07, 6.45) is 4.89. The van der Waals surface area contributed by atoms with Crippen LogP contribution < -0.4 is 26.6 Å². The van der Waals surface area contributed by atoms with E-state index in [9.17, 15) is 4.79 Å². The van der Waals surface area contributed by atoms with Crippen LogP contribution in [0.25, 0.3) is 0 Å². The standard InChI is InChI=1S/C20H26FN5O2/c1-11-17(25-19(12(2)22)13-4-5-13)7-15(8-18(11)28-3)26(21)16-6-14(20(23)27)9-24-10-16/h6-10,12-13,19,25H,4-5,22H2,1-3H3,(H2,23,27)/t12-,19-/m0/s1. The summed E-state index contributed by atoms with van der Waals surface area (Å²) in [7, 11) is 1.54. The van der Waals surface area contributed by atoms with Gasteiger partial charge in [-0.05, 0) is 44.7 Å². The molecule has 1 fully saturated rings. The van der Waals surface area contributed by atoms with E-state index in [4.69, 9.17) is 16.2 Å². The number of primary amides is 1. The van der Waals surface area contributed by atoms with Crippen LogP contribution in [0.15, 0.2) is 30.6 Å². The first-order chi connectivity index (χ1) is 13.3. The largest absolute Gasteiger partial charge is 0.496 e. The lowest BCUT2D eigenvalue weighted by Gasteiger charge is -2.26. The molecule has 1 aliphatic rings. The Kier molecular flexibility index (Phi) is 5.69. The summed E-state index contributed by atoms with van der Waals surface area (Å²) in [6, 6.07) is 4.71. The minimum atomic E-state index is -0.671. The van der Waals surface area contributed by atoms with Gasteiger partial charge in [-0.2, -0.15) is 5.12 Å². The number of pyridine rings is 1. The molecule has 150 valence electrons. The molecule has 0 aliphatic heterocycles. The molecular weight excluding hydrogens is 361 g/mol. The molecule has 0 spiro atoms. The summed E-state index contributed by atoms with van der Waals surface area (Å²) >= 11 is 0. The van der Waals surface area contributed by atoms with Crippen molar-refractivity contribution < 1.29 is 14.0 Å². The topological polar surface area (TPSA) is 106 Å². The Balaban J connectivity index is 1.96. The molecule has 8 heteroatoms. The molecule has 1 aromatic heterocycles. The lowest BCUT2D eigenvalue weighted by Crippen LogP contribution is -2.39. The predicted octanol–water partition coefficient (Wildman–Crippen LogP) is 3.06. The monoisotopic (exact) mass is 387 g/mol. The highest BCUT2D eigenvalue weighted by Gasteiger charge is 2.34. The molecule has 5 N–H and O–H groups in total. The zero-order chi connectivity index (χ0) is 20.4. The maximum atomic E-state index is 15.1. The van der Waals surface area contributed by atoms with Gasteiger partial charge in [-0.3, -0.25) is 9.78 Å². The zero-order valence-electron chi connectivity index (χ0n) is 16.3. The molecule has 2 atom stereocenters. The number of anilines is 3. The lowest BCUT2D eigenvalue weighted by molar-refractivity contribution is 0.1000. The molecule has 28 heavy (non-hydrogen) atoms. The average Bonchev–Trinajstić information content (AvgIpc) is 3.51. The van der Waals surface area contributed by atoms with Gasteiger partial charge in [-0.1, -0.05) is 4.48 Å². The van der Waals surface area contributed by atoms with E-state index in [1.807, 2.05) is 13.8 Å². The molecule has 1 amide bonds. The summed E-state index contributed by atoms with van der Waals surface area (Å²) in [5.41, 5.74) is 13.5. The molecule has 0 unspecified atom stereocenters. The van der Waals surface area contributed by atoms with Gasteiger partial charge in [0.15, 0.2) is 0 Å². The number of hydrogen-bond acceptors (Lipinski definition) is 6. The van der Waals surface area contributed by atoms with Crippen molar-refractivity contribution in [3.63, 3.8) is 0 Å². The van der Waals surface area contributed by atoms with E-state index in [1.165, 1.54) is 25.6 Å². The van der Waals surface area contributed by atoms with E-state index in [2.05, 4.69) is 10.3 Å². The van der Waals surface area contributed by atoms with Crippen LogP contribution in [0.3, 0.4) is 0 Å². The summed E-state index contributed by atoms with van der Waals surface area (Å²) in [5, 5.41) is 3.92. The van der Waals surface area contributed by atoms with Crippen molar-refractivity contribution in [1.82, 2.24) is 4.98 Å². The highest BCUT2D eigenvalue weighted by Crippen LogP contribution is 2.39. The number of amides is 1. The van der Waals surface area contributed by atoms with Crippen LogP contribution in [-0.2, 0) is 0 Å². The molecule has 1 aliphatic carbocycles. The normalized spacial score (nSPS) is 15.6. The van der Waals surface area contributed by atoms with Crippen LogP contribution >= 0.6 is 0 Å². The highest BCUT2D eigenvalue weighted by molar-refractivity contribution is 5.93. The van der Waals surface area contributed by atoms with E-state index in [0.717, 1.165) is 24.1 Å². The number of hydrogen-bond donors (Lipinski definition) is 3. The fraction of sp³-hybridized carbons (Fsp3) is 0.400. The van der Waals surface area contributed by atoms with E-state index in [-0.39, 0.29) is 29.0 Å². The second kappa shape index (κ2) is 8.02. The minimum absolute atomic E-state index is 0.0421. The first kappa shape index (κ1) is 19.9. The molecule has 7 nitrogen and oxygen atoms in total. The smallest absolute Gasteiger partial charge is 0.250 e. The Bertz CT molecular complexity index is 868. The van der Waals surface area contributed by atoms with E-state index in [0.29, 0.717) is 16.8 Å². The lowest BCUT2D eigenvalue weighted by atomic mass is 10.0. The molecule has 1 heterocycles. The van der Waals surface area contributed by atoms with E-state index in [1.54, 1.807) is 12.1 Å². The van der Waals surface area contributed by atoms with Crippen molar-refractivity contribution in [1.29, 1.82) is 0 Å². The molecule has 0 bridgehead atoms. The van der Waals surface area contributed by atoms with Gasteiger partial charge in [-0.15, -0.1) is 0 Å². The van der Waals surface area contributed by atoms with Gasteiger partial charge in [0.1, 0.15) is 5.75 Å². The summed E-state index contributed by atoms with van der Waals surface area (Å²) in [5.74, 6) is 0.392. The number of rotatable bonds is 8. The quantitative estimate of drug-likeness (QED) is 0.601. The number of nitrogens with zero attached hydrogens (tertiary/aromatic N) is 2. The average molecular weight is 387 g/mol. The number of carbonyl (C=O) groups excluding carboxylic acids is 1. The number of nitrogens with one attached hydrogen (secondary N) is 1. The van der Waals surface area contributed by atoms with Crippen LogP contribution in [-0.4, -0.2) is 30.1 Å². The van der Waals surface area contributed by atoms with Crippen molar-refractivity contribution >= 4 is 23.0 Å². The van der Waals surface area contributed by atoms with Crippen molar-refractivity contribution in [3.8, 4) is 5.75 Å². The molecule has 2 aromatic rings. The third kappa shape index (κ3) is 4.17. The van der Waals surface area contributed by atoms with Gasteiger partial charge in [-0.25, -0.2) is 0 Å². The molecule has 1 aromatic carbocycles. The summed E-state index contributed by atoms with van der Waals surface area (Å²) < 4.78 is 20.6. The highest BCUT2D eigenvalue weighted by atomic mass is 19.2. The third-order valence-corrected chi connectivity index (χ3v) is 5.04. The van der Waals surface area contributed by atoms with Crippen LogP contribution in [0, 0.1) is 12.8 Å². The summed E-state index contributed by atoms with van der Waals surface area (Å²) in [4.78, 5) is 15.3. The van der Waals surface area contributed by atoms with Gasteiger partial charge in [0, 0.05) is 35.6 Å². The van der Waals surface area contributed by atoms with E-state index >= 15 is 4.48 Å². The minimum Gasteiger partial charge on any atom is -0.496 e. The SMILES string of the molecule is COc1cc(N(F)c2cncc(C(N)=O)c2)cc(N[C@H](C2CC2)[C@H](C)N)c1C. The van der Waals surface area contributed by atoms with Gasteiger partial charge in [0.2, 0.25) is 5.91 Å². The van der Waals surface area contributed by atoms with Crippen molar-refractivity contribution in [2.24, 2.45) is 17.4 Å². The number of benzene rings is 1. The van der Waals surface area contributed by atoms with Crippen LogP contribution in [0.5, 0.6) is 5.75 Å². The van der Waals surface area contributed by atoms with Gasteiger partial charge in [0.05, 0.1) is 30.2 Å². The Morgan fingerprint density at radius 1 is 1.32 bits per heavy atom. The Morgan fingerprint density at radius 2 is 2.04 bits per heavy atom. The maximum Gasteiger partial charge on any atom is 0.250 e. The molecular formula is C20H26FN5O2. The van der Waals surface area contributed by atoms with Crippen LogP contribution in [0.2, 0.25) is 0 Å².